The second-order valence-corrected chi connectivity index (χ2v) is 4.19. The lowest BCUT2D eigenvalue weighted by Gasteiger charge is -2.10. The lowest BCUT2D eigenvalue weighted by atomic mass is 10.0. The Kier molecular flexibility index (Phi) is 3.76. The largest absolute Gasteiger partial charge is 0.380 e. The van der Waals surface area contributed by atoms with Crippen LogP contribution in [0.3, 0.4) is 0 Å². The monoisotopic (exact) mass is 234 g/mol. The van der Waals surface area contributed by atoms with E-state index in [1.165, 1.54) is 0 Å². The van der Waals surface area contributed by atoms with E-state index < -0.39 is 0 Å². The molecule has 2 N–H and O–H groups in total. The summed E-state index contributed by atoms with van der Waals surface area (Å²) in [6, 6.07) is 5.71. The van der Waals surface area contributed by atoms with Crippen LogP contribution in [0.1, 0.15) is 30.5 Å². The zero-order valence-electron chi connectivity index (χ0n) is 10.2. The smallest absolute Gasteiger partial charge is 0.246 e. The highest BCUT2D eigenvalue weighted by molar-refractivity contribution is 6.03. The predicted molar refractivity (Wildman–Crippen MR) is 66.8 cm³/mol. The summed E-state index contributed by atoms with van der Waals surface area (Å²) in [6.45, 7) is 3.44. The number of rotatable bonds is 5. The molecule has 0 saturated carbocycles. The van der Waals surface area contributed by atoms with Crippen molar-refractivity contribution in [3.05, 3.63) is 29.3 Å². The summed E-state index contributed by atoms with van der Waals surface area (Å²) < 4.78 is 5.13. The van der Waals surface area contributed by atoms with Gasteiger partial charge in [0.05, 0.1) is 12.3 Å². The van der Waals surface area contributed by atoms with Crippen molar-refractivity contribution in [3.8, 4) is 0 Å². The third-order valence-corrected chi connectivity index (χ3v) is 2.90. The molecule has 1 aliphatic heterocycles. The maximum absolute atomic E-state index is 11.9. The highest BCUT2D eigenvalue weighted by Gasteiger charge is 2.31. The Morgan fingerprint density at radius 1 is 1.47 bits per heavy atom. The molecule has 0 fully saturated rings. The van der Waals surface area contributed by atoms with Gasteiger partial charge in [-0.1, -0.05) is 25.1 Å². The molecule has 0 aromatic heterocycles. The van der Waals surface area contributed by atoms with Gasteiger partial charge in [-0.2, -0.15) is 0 Å². The first-order valence-corrected chi connectivity index (χ1v) is 5.93. The molecule has 0 bridgehead atoms. The standard InChI is InChI=1S/C13H18N2O2/c1-3-7-14-12-10-6-4-5-9(8-17-2)11(10)15-13(12)16/h4-6,12,14H,3,7-8H2,1-2H3,(H,15,16). The molecule has 0 radical (unpaired) electrons. The molecule has 1 amide bonds. The van der Waals surface area contributed by atoms with Crippen molar-refractivity contribution in [1.29, 1.82) is 0 Å². The fraction of sp³-hybridized carbons (Fsp3) is 0.462. The van der Waals surface area contributed by atoms with Crippen molar-refractivity contribution in [1.82, 2.24) is 5.32 Å². The zero-order chi connectivity index (χ0) is 12.3. The number of para-hydroxylation sites is 1. The van der Waals surface area contributed by atoms with Crippen molar-refractivity contribution >= 4 is 11.6 Å². The van der Waals surface area contributed by atoms with Crippen LogP contribution in [0.5, 0.6) is 0 Å². The SMILES string of the molecule is CCCNC1C(=O)Nc2c(COC)cccc21. The third-order valence-electron chi connectivity index (χ3n) is 2.90. The van der Waals surface area contributed by atoms with E-state index in [-0.39, 0.29) is 11.9 Å². The maximum Gasteiger partial charge on any atom is 0.246 e. The van der Waals surface area contributed by atoms with Crippen LogP contribution >= 0.6 is 0 Å². The molecule has 1 unspecified atom stereocenters. The van der Waals surface area contributed by atoms with Crippen LogP contribution in [-0.4, -0.2) is 19.6 Å². The number of nitrogens with one attached hydrogen (secondary N) is 2. The highest BCUT2D eigenvalue weighted by atomic mass is 16.5. The summed E-state index contributed by atoms with van der Waals surface area (Å²) in [5.74, 6) is 0.0250. The molecule has 1 atom stereocenters. The summed E-state index contributed by atoms with van der Waals surface area (Å²) >= 11 is 0. The number of carbonyl (C=O) groups excluding carboxylic acids is 1. The van der Waals surface area contributed by atoms with Crippen molar-refractivity contribution in [2.45, 2.75) is 26.0 Å². The molecule has 1 aromatic rings. The predicted octanol–water partition coefficient (Wildman–Crippen LogP) is 1.83. The quantitative estimate of drug-likeness (QED) is 0.817. The molecule has 1 aliphatic rings. The minimum absolute atomic E-state index is 0.0250. The van der Waals surface area contributed by atoms with E-state index in [2.05, 4.69) is 17.6 Å². The minimum atomic E-state index is -0.221. The van der Waals surface area contributed by atoms with E-state index >= 15 is 0 Å². The molecule has 0 spiro atoms. The molecule has 0 aliphatic carbocycles. The van der Waals surface area contributed by atoms with Crippen molar-refractivity contribution in [2.75, 3.05) is 19.0 Å². The number of benzene rings is 1. The summed E-state index contributed by atoms with van der Waals surface area (Å²) in [5, 5.41) is 6.18. The van der Waals surface area contributed by atoms with Gasteiger partial charge in [-0.05, 0) is 13.0 Å². The Hall–Kier alpha value is -1.39. The second-order valence-electron chi connectivity index (χ2n) is 4.19. The van der Waals surface area contributed by atoms with Gasteiger partial charge in [-0.25, -0.2) is 0 Å². The van der Waals surface area contributed by atoms with Gasteiger partial charge in [-0.3, -0.25) is 4.79 Å². The number of amides is 1. The highest BCUT2D eigenvalue weighted by Crippen LogP contribution is 2.33. The number of ether oxygens (including phenoxy) is 1. The van der Waals surface area contributed by atoms with Gasteiger partial charge < -0.3 is 15.4 Å². The van der Waals surface area contributed by atoms with Crippen LogP contribution in [0.4, 0.5) is 5.69 Å². The number of hydrogen-bond donors (Lipinski definition) is 2. The Morgan fingerprint density at radius 2 is 2.29 bits per heavy atom. The van der Waals surface area contributed by atoms with Gasteiger partial charge in [0.25, 0.3) is 0 Å². The molecule has 1 heterocycles. The summed E-state index contributed by atoms with van der Waals surface area (Å²) in [4.78, 5) is 11.9. The van der Waals surface area contributed by atoms with Crippen LogP contribution in [-0.2, 0) is 16.1 Å². The maximum atomic E-state index is 11.9. The Balaban J connectivity index is 2.27. The first-order valence-electron chi connectivity index (χ1n) is 5.93. The van der Waals surface area contributed by atoms with Crippen molar-refractivity contribution in [2.24, 2.45) is 0 Å². The lowest BCUT2D eigenvalue weighted by molar-refractivity contribution is -0.117. The average molecular weight is 234 g/mol. The average Bonchev–Trinajstić information content (AvgIpc) is 2.64. The van der Waals surface area contributed by atoms with E-state index in [0.29, 0.717) is 6.61 Å². The van der Waals surface area contributed by atoms with E-state index in [1.54, 1.807) is 7.11 Å². The van der Waals surface area contributed by atoms with Gasteiger partial charge in [-0.15, -0.1) is 0 Å². The molecule has 1 aromatic carbocycles. The van der Waals surface area contributed by atoms with E-state index in [0.717, 1.165) is 29.8 Å². The van der Waals surface area contributed by atoms with Gasteiger partial charge in [0.15, 0.2) is 0 Å². The van der Waals surface area contributed by atoms with E-state index in [9.17, 15) is 4.79 Å². The van der Waals surface area contributed by atoms with Crippen LogP contribution in [0, 0.1) is 0 Å². The van der Waals surface area contributed by atoms with Gasteiger partial charge >= 0.3 is 0 Å². The van der Waals surface area contributed by atoms with E-state index in [4.69, 9.17) is 4.74 Å². The number of hydrogen-bond acceptors (Lipinski definition) is 3. The number of fused-ring (bicyclic) bond motifs is 1. The van der Waals surface area contributed by atoms with Gasteiger partial charge in [0, 0.05) is 18.2 Å². The van der Waals surface area contributed by atoms with Crippen LogP contribution in [0.2, 0.25) is 0 Å². The van der Waals surface area contributed by atoms with Crippen molar-refractivity contribution < 1.29 is 9.53 Å². The molecular formula is C13H18N2O2. The fourth-order valence-electron chi connectivity index (χ4n) is 2.12. The molecule has 4 nitrogen and oxygen atoms in total. The molecular weight excluding hydrogens is 216 g/mol. The molecule has 0 saturated heterocycles. The molecule has 17 heavy (non-hydrogen) atoms. The molecule has 2 rings (SSSR count). The van der Waals surface area contributed by atoms with Crippen LogP contribution in [0.15, 0.2) is 18.2 Å². The summed E-state index contributed by atoms with van der Waals surface area (Å²) in [6.07, 6.45) is 1.01. The number of carbonyl (C=O) groups is 1. The van der Waals surface area contributed by atoms with Crippen LogP contribution < -0.4 is 10.6 Å². The first kappa shape index (κ1) is 12.1. The molecule has 4 heteroatoms. The second kappa shape index (κ2) is 5.29. The minimum Gasteiger partial charge on any atom is -0.380 e. The Bertz CT molecular complexity index is 418. The Morgan fingerprint density at radius 3 is 3.00 bits per heavy atom. The van der Waals surface area contributed by atoms with E-state index in [1.807, 2.05) is 18.2 Å². The summed E-state index contributed by atoms with van der Waals surface area (Å²) in [7, 11) is 1.66. The van der Waals surface area contributed by atoms with Gasteiger partial charge in [0.1, 0.15) is 6.04 Å². The first-order chi connectivity index (χ1) is 8.27. The lowest BCUT2D eigenvalue weighted by Crippen LogP contribution is -2.27. The fourth-order valence-corrected chi connectivity index (χ4v) is 2.12. The topological polar surface area (TPSA) is 50.4 Å². The third kappa shape index (κ3) is 2.33. The van der Waals surface area contributed by atoms with Gasteiger partial charge in [0.2, 0.25) is 5.91 Å². The summed E-state index contributed by atoms with van der Waals surface area (Å²) in [5.41, 5.74) is 2.96. The number of anilines is 1. The normalized spacial score (nSPS) is 18.0. The Labute approximate surface area is 101 Å². The number of methoxy groups -OCH3 is 1. The van der Waals surface area contributed by atoms with Crippen LogP contribution in [0.25, 0.3) is 0 Å². The zero-order valence-corrected chi connectivity index (χ0v) is 10.2. The van der Waals surface area contributed by atoms with Crippen molar-refractivity contribution in [3.63, 3.8) is 0 Å². The molecule has 92 valence electrons.